The quantitative estimate of drug-likeness (QED) is 0.854. The Balaban J connectivity index is 2.05. The number of carbonyl (C=O) groups is 2. The van der Waals surface area contributed by atoms with Crippen LogP contribution in [0.15, 0.2) is 12.4 Å². The van der Waals surface area contributed by atoms with Gasteiger partial charge in [0.15, 0.2) is 0 Å². The highest BCUT2D eigenvalue weighted by Gasteiger charge is 2.40. The maximum Gasteiger partial charge on any atom is 0.326 e. The molecule has 8 nitrogen and oxygen atoms in total. The van der Waals surface area contributed by atoms with Crippen LogP contribution in [0.1, 0.15) is 12.0 Å². The van der Waals surface area contributed by atoms with Gasteiger partial charge in [0.05, 0.1) is 18.8 Å². The predicted octanol–water partition coefficient (Wildman–Crippen LogP) is 0.146. The maximum atomic E-state index is 12.4. The molecule has 1 aliphatic rings. The Kier molecular flexibility index (Phi) is 4.46. The molecule has 2 heterocycles. The molecule has 0 bridgehead atoms. The average Bonchev–Trinajstić information content (AvgIpc) is 3.04. The lowest BCUT2D eigenvalue weighted by Gasteiger charge is -2.27. The number of likely N-dealkylation sites (tertiary alicyclic amines) is 1. The number of aliphatic carboxylic acids is 1. The molecule has 1 fully saturated rings. The molecule has 1 saturated heterocycles. The lowest BCUT2D eigenvalue weighted by Crippen LogP contribution is -2.46. The SMILES string of the molecule is COC1CC(C(=O)O)N(C(=O)N(C)Cc2cnn(C)c2)C1. The van der Waals surface area contributed by atoms with Crippen LogP contribution < -0.4 is 0 Å². The number of nitrogens with zero attached hydrogens (tertiary/aromatic N) is 4. The Bertz CT molecular complexity index is 530. The van der Waals surface area contributed by atoms with Crippen LogP contribution in [0.2, 0.25) is 0 Å². The van der Waals surface area contributed by atoms with Crippen LogP contribution in [0.4, 0.5) is 4.79 Å². The lowest BCUT2D eigenvalue weighted by atomic mass is 10.2. The predicted molar refractivity (Wildman–Crippen MR) is 73.6 cm³/mol. The van der Waals surface area contributed by atoms with E-state index in [0.717, 1.165) is 5.56 Å². The van der Waals surface area contributed by atoms with Gasteiger partial charge < -0.3 is 19.6 Å². The number of urea groups is 1. The number of ether oxygens (including phenoxy) is 1. The summed E-state index contributed by atoms with van der Waals surface area (Å²) in [5, 5.41) is 13.3. The lowest BCUT2D eigenvalue weighted by molar-refractivity contribution is -0.141. The Morgan fingerprint density at radius 3 is 2.81 bits per heavy atom. The molecule has 0 aliphatic carbocycles. The van der Waals surface area contributed by atoms with Crippen molar-refractivity contribution >= 4 is 12.0 Å². The summed E-state index contributed by atoms with van der Waals surface area (Å²) in [4.78, 5) is 26.6. The monoisotopic (exact) mass is 296 g/mol. The largest absolute Gasteiger partial charge is 0.480 e. The Morgan fingerprint density at radius 1 is 1.57 bits per heavy atom. The van der Waals surface area contributed by atoms with E-state index in [1.165, 1.54) is 16.9 Å². The van der Waals surface area contributed by atoms with Crippen molar-refractivity contribution in [2.45, 2.75) is 25.1 Å². The van der Waals surface area contributed by atoms with Gasteiger partial charge >= 0.3 is 12.0 Å². The number of carboxylic acids is 1. The van der Waals surface area contributed by atoms with Crippen LogP contribution in [0.25, 0.3) is 0 Å². The molecule has 8 heteroatoms. The van der Waals surface area contributed by atoms with Gasteiger partial charge in [0.25, 0.3) is 0 Å². The van der Waals surface area contributed by atoms with Crippen molar-refractivity contribution in [1.29, 1.82) is 0 Å². The number of amides is 2. The molecule has 2 amide bonds. The number of carboxylic acid groups (broad SMARTS) is 1. The number of hydrogen-bond donors (Lipinski definition) is 1. The van der Waals surface area contributed by atoms with Crippen molar-refractivity contribution < 1.29 is 19.4 Å². The third-order valence-electron chi connectivity index (χ3n) is 3.63. The van der Waals surface area contributed by atoms with E-state index in [-0.39, 0.29) is 12.1 Å². The number of hydrogen-bond acceptors (Lipinski definition) is 4. The molecule has 21 heavy (non-hydrogen) atoms. The van der Waals surface area contributed by atoms with E-state index >= 15 is 0 Å². The van der Waals surface area contributed by atoms with E-state index in [4.69, 9.17) is 4.74 Å². The summed E-state index contributed by atoms with van der Waals surface area (Å²) in [5.41, 5.74) is 0.891. The van der Waals surface area contributed by atoms with Crippen LogP contribution in [-0.2, 0) is 23.1 Å². The fourth-order valence-corrected chi connectivity index (χ4v) is 2.53. The summed E-state index contributed by atoms with van der Waals surface area (Å²) >= 11 is 0. The van der Waals surface area contributed by atoms with Crippen molar-refractivity contribution in [3.63, 3.8) is 0 Å². The molecular weight excluding hydrogens is 276 g/mol. The minimum atomic E-state index is -1.00. The number of rotatable bonds is 4. The molecule has 1 aromatic rings. The second-order valence-electron chi connectivity index (χ2n) is 5.26. The molecule has 0 radical (unpaired) electrons. The van der Waals surface area contributed by atoms with Crippen molar-refractivity contribution in [3.05, 3.63) is 18.0 Å². The zero-order valence-corrected chi connectivity index (χ0v) is 12.4. The summed E-state index contributed by atoms with van der Waals surface area (Å²) in [6.45, 7) is 0.677. The molecule has 1 aliphatic heterocycles. The minimum absolute atomic E-state index is 0.234. The number of carbonyl (C=O) groups excluding carboxylic acids is 1. The second-order valence-corrected chi connectivity index (χ2v) is 5.26. The van der Waals surface area contributed by atoms with Gasteiger partial charge in [0.2, 0.25) is 0 Å². The molecule has 1 aromatic heterocycles. The Labute approximate surface area is 122 Å². The highest BCUT2D eigenvalue weighted by atomic mass is 16.5. The first-order chi connectivity index (χ1) is 9.92. The first-order valence-corrected chi connectivity index (χ1v) is 6.67. The zero-order valence-electron chi connectivity index (χ0n) is 12.4. The third kappa shape index (κ3) is 3.33. The minimum Gasteiger partial charge on any atom is -0.480 e. The van der Waals surface area contributed by atoms with Crippen LogP contribution in [0.3, 0.4) is 0 Å². The molecule has 2 rings (SSSR count). The van der Waals surface area contributed by atoms with E-state index in [2.05, 4.69) is 5.10 Å². The molecule has 2 unspecified atom stereocenters. The number of aryl methyl sites for hydroxylation is 1. The molecule has 0 aromatic carbocycles. The summed E-state index contributed by atoms with van der Waals surface area (Å²) < 4.78 is 6.84. The van der Waals surface area contributed by atoms with Crippen LogP contribution >= 0.6 is 0 Å². The van der Waals surface area contributed by atoms with Gasteiger partial charge in [-0.25, -0.2) is 9.59 Å². The number of methoxy groups -OCH3 is 1. The van der Waals surface area contributed by atoms with E-state index in [1.807, 2.05) is 6.20 Å². The van der Waals surface area contributed by atoms with E-state index in [0.29, 0.717) is 19.5 Å². The molecule has 1 N–H and O–H groups in total. The first-order valence-electron chi connectivity index (χ1n) is 6.67. The molecule has 116 valence electrons. The third-order valence-corrected chi connectivity index (χ3v) is 3.63. The fourth-order valence-electron chi connectivity index (χ4n) is 2.53. The van der Waals surface area contributed by atoms with Gasteiger partial charge in [0, 0.05) is 45.9 Å². The Hall–Kier alpha value is -2.09. The summed E-state index contributed by atoms with van der Waals surface area (Å²) in [6.07, 6.45) is 3.58. The van der Waals surface area contributed by atoms with Crippen molar-refractivity contribution in [1.82, 2.24) is 19.6 Å². The standard InChI is InChI=1S/C13H20N4O4/c1-15(6-9-5-14-16(2)7-9)13(20)17-8-10(21-3)4-11(17)12(18)19/h5,7,10-11H,4,6,8H2,1-3H3,(H,18,19). The summed E-state index contributed by atoms with van der Waals surface area (Å²) in [5.74, 6) is -1.00. The average molecular weight is 296 g/mol. The molecule has 0 spiro atoms. The maximum absolute atomic E-state index is 12.4. The van der Waals surface area contributed by atoms with Crippen molar-refractivity contribution in [2.24, 2.45) is 7.05 Å². The highest BCUT2D eigenvalue weighted by molar-refractivity contribution is 5.83. The van der Waals surface area contributed by atoms with Crippen LogP contribution in [0.5, 0.6) is 0 Å². The van der Waals surface area contributed by atoms with Crippen LogP contribution in [-0.4, -0.2) is 69.5 Å². The van der Waals surface area contributed by atoms with Gasteiger partial charge in [-0.2, -0.15) is 5.10 Å². The fraction of sp³-hybridized carbons (Fsp3) is 0.615. The van der Waals surface area contributed by atoms with Gasteiger partial charge in [-0.05, 0) is 0 Å². The van der Waals surface area contributed by atoms with Gasteiger partial charge in [-0.1, -0.05) is 0 Å². The highest BCUT2D eigenvalue weighted by Crippen LogP contribution is 2.22. The van der Waals surface area contributed by atoms with Gasteiger partial charge in [-0.15, -0.1) is 0 Å². The molecule has 0 saturated carbocycles. The summed E-state index contributed by atoms with van der Waals surface area (Å²) in [6, 6.07) is -1.15. The van der Waals surface area contributed by atoms with Gasteiger partial charge in [0.1, 0.15) is 6.04 Å². The topological polar surface area (TPSA) is 87.9 Å². The normalized spacial score (nSPS) is 21.6. The van der Waals surface area contributed by atoms with Crippen molar-refractivity contribution in [2.75, 3.05) is 20.7 Å². The first kappa shape index (κ1) is 15.3. The number of aromatic nitrogens is 2. The smallest absolute Gasteiger partial charge is 0.326 e. The zero-order chi connectivity index (χ0) is 15.6. The molecule has 2 atom stereocenters. The molecular formula is C13H20N4O4. The van der Waals surface area contributed by atoms with E-state index in [1.54, 1.807) is 25.0 Å². The summed E-state index contributed by atoms with van der Waals surface area (Å²) in [7, 11) is 4.97. The van der Waals surface area contributed by atoms with E-state index < -0.39 is 12.0 Å². The van der Waals surface area contributed by atoms with Crippen LogP contribution in [0, 0.1) is 0 Å². The van der Waals surface area contributed by atoms with Gasteiger partial charge in [-0.3, -0.25) is 4.68 Å². The van der Waals surface area contributed by atoms with Crippen molar-refractivity contribution in [3.8, 4) is 0 Å². The second kappa shape index (κ2) is 6.13. The Morgan fingerprint density at radius 2 is 2.29 bits per heavy atom. The van der Waals surface area contributed by atoms with E-state index in [9.17, 15) is 14.7 Å².